The van der Waals surface area contributed by atoms with Crippen molar-refractivity contribution >= 4 is 11.8 Å². The Hall–Kier alpha value is 0.150. The van der Waals surface area contributed by atoms with Gasteiger partial charge in [-0.3, -0.25) is 0 Å². The molecule has 1 unspecified atom stereocenters. The van der Waals surface area contributed by atoms with E-state index >= 15 is 0 Å². The molecule has 84 valence electrons. The molecule has 1 heterocycles. The number of methoxy groups -OCH3 is 1. The molecule has 3 N–H and O–H groups in total. The topological polar surface area (TPSA) is 79.2 Å². The van der Waals surface area contributed by atoms with Gasteiger partial charge >= 0.3 is 0 Å². The number of rotatable bonds is 3. The van der Waals surface area contributed by atoms with Crippen LogP contribution in [0.25, 0.3) is 0 Å². The number of hydrogen-bond acceptors (Lipinski definition) is 6. The van der Waals surface area contributed by atoms with Crippen molar-refractivity contribution in [2.75, 3.05) is 12.9 Å². The predicted octanol–water partition coefficient (Wildman–Crippen LogP) is -0.849. The summed E-state index contributed by atoms with van der Waals surface area (Å²) in [5.41, 5.74) is -0.552. The quantitative estimate of drug-likeness (QED) is 0.579. The molecule has 0 radical (unpaired) electrons. The van der Waals surface area contributed by atoms with Crippen molar-refractivity contribution in [3.8, 4) is 0 Å². The van der Waals surface area contributed by atoms with E-state index in [9.17, 15) is 15.3 Å². The standard InChI is InChI=1S/C8H16O5S/c1-3-14-8-6(11)4(9)5(10)7(12-2)13-8/h4-11H,3H2,1-2H3/t4-,5?,6+,7-,8-/m0/s1. The summed E-state index contributed by atoms with van der Waals surface area (Å²) in [5, 5.41) is 28.4. The summed E-state index contributed by atoms with van der Waals surface area (Å²) in [4.78, 5) is 0. The van der Waals surface area contributed by atoms with Gasteiger partial charge in [0.15, 0.2) is 6.29 Å². The van der Waals surface area contributed by atoms with Crippen LogP contribution in [-0.2, 0) is 9.47 Å². The molecule has 0 aromatic heterocycles. The van der Waals surface area contributed by atoms with Gasteiger partial charge in [0.1, 0.15) is 23.7 Å². The van der Waals surface area contributed by atoms with E-state index in [0.29, 0.717) is 0 Å². The van der Waals surface area contributed by atoms with Crippen LogP contribution >= 0.6 is 11.8 Å². The molecule has 0 aromatic carbocycles. The fourth-order valence-corrected chi connectivity index (χ4v) is 2.19. The van der Waals surface area contributed by atoms with Crippen molar-refractivity contribution in [3.05, 3.63) is 0 Å². The second-order valence-electron chi connectivity index (χ2n) is 3.04. The van der Waals surface area contributed by atoms with Crippen molar-refractivity contribution in [2.24, 2.45) is 0 Å². The number of aliphatic hydroxyl groups excluding tert-OH is 3. The third-order valence-electron chi connectivity index (χ3n) is 2.09. The lowest BCUT2D eigenvalue weighted by Gasteiger charge is -2.39. The first-order chi connectivity index (χ1) is 6.61. The average Bonchev–Trinajstić information content (AvgIpc) is 2.19. The number of hydrogen-bond donors (Lipinski definition) is 3. The largest absolute Gasteiger partial charge is 0.387 e. The molecule has 1 aliphatic heterocycles. The summed E-state index contributed by atoms with van der Waals surface area (Å²) >= 11 is 1.36. The maximum atomic E-state index is 9.54. The molecule has 14 heavy (non-hydrogen) atoms. The lowest BCUT2D eigenvalue weighted by Crippen LogP contribution is -2.57. The minimum absolute atomic E-state index is 0.552. The van der Waals surface area contributed by atoms with Crippen molar-refractivity contribution in [1.82, 2.24) is 0 Å². The van der Waals surface area contributed by atoms with Crippen LogP contribution in [0, 0.1) is 0 Å². The second kappa shape index (κ2) is 5.29. The first kappa shape index (κ1) is 12.2. The van der Waals surface area contributed by atoms with Gasteiger partial charge in [-0.05, 0) is 5.75 Å². The van der Waals surface area contributed by atoms with Crippen LogP contribution in [0.15, 0.2) is 0 Å². The molecule has 1 fully saturated rings. The zero-order valence-corrected chi connectivity index (χ0v) is 8.98. The van der Waals surface area contributed by atoms with E-state index in [0.717, 1.165) is 5.75 Å². The number of thioether (sulfide) groups is 1. The summed E-state index contributed by atoms with van der Waals surface area (Å²) < 4.78 is 10.1. The van der Waals surface area contributed by atoms with Crippen molar-refractivity contribution in [2.45, 2.75) is 37.0 Å². The monoisotopic (exact) mass is 224 g/mol. The Bertz CT molecular complexity index is 175. The Morgan fingerprint density at radius 2 is 1.86 bits per heavy atom. The van der Waals surface area contributed by atoms with Crippen LogP contribution in [0.4, 0.5) is 0 Å². The van der Waals surface area contributed by atoms with E-state index in [4.69, 9.17) is 9.47 Å². The average molecular weight is 224 g/mol. The van der Waals surface area contributed by atoms with Crippen LogP contribution in [0.5, 0.6) is 0 Å². The SMILES string of the molecule is CCS[C@@H]1O[C@H](OC)C(O)[C@H](O)[C@H]1O. The molecular formula is C8H16O5S. The fourth-order valence-electron chi connectivity index (χ4n) is 1.31. The Labute approximate surface area is 87.0 Å². The van der Waals surface area contributed by atoms with E-state index in [1.807, 2.05) is 6.92 Å². The highest BCUT2D eigenvalue weighted by Gasteiger charge is 2.43. The normalized spacial score (nSPS) is 43.9. The van der Waals surface area contributed by atoms with E-state index < -0.39 is 30.0 Å². The van der Waals surface area contributed by atoms with Gasteiger partial charge in [0.05, 0.1) is 0 Å². The second-order valence-corrected chi connectivity index (χ2v) is 4.41. The van der Waals surface area contributed by atoms with Gasteiger partial charge in [-0.15, -0.1) is 11.8 Å². The lowest BCUT2D eigenvalue weighted by atomic mass is 10.1. The maximum Gasteiger partial charge on any atom is 0.187 e. The first-order valence-electron chi connectivity index (χ1n) is 4.45. The molecule has 0 spiro atoms. The Morgan fingerprint density at radius 1 is 1.21 bits per heavy atom. The molecule has 0 amide bonds. The summed E-state index contributed by atoms with van der Waals surface area (Å²) in [5.74, 6) is 0.751. The van der Waals surface area contributed by atoms with Gasteiger partial charge in [0, 0.05) is 7.11 Å². The highest BCUT2D eigenvalue weighted by atomic mass is 32.2. The summed E-state index contributed by atoms with van der Waals surface area (Å²) in [7, 11) is 1.38. The third kappa shape index (κ3) is 2.39. The van der Waals surface area contributed by atoms with E-state index in [-0.39, 0.29) is 0 Å². The summed E-state index contributed by atoms with van der Waals surface area (Å²) in [6.07, 6.45) is -4.39. The molecule has 1 rings (SSSR count). The minimum atomic E-state index is -1.22. The van der Waals surface area contributed by atoms with Crippen LogP contribution in [0.3, 0.4) is 0 Å². The minimum Gasteiger partial charge on any atom is -0.387 e. The van der Waals surface area contributed by atoms with Crippen molar-refractivity contribution in [1.29, 1.82) is 0 Å². The Kier molecular flexibility index (Phi) is 4.62. The van der Waals surface area contributed by atoms with E-state index in [1.54, 1.807) is 0 Å². The third-order valence-corrected chi connectivity index (χ3v) is 3.14. The number of aliphatic hydroxyl groups is 3. The van der Waals surface area contributed by atoms with Crippen LogP contribution in [-0.4, -0.2) is 58.2 Å². The highest BCUT2D eigenvalue weighted by Crippen LogP contribution is 2.28. The van der Waals surface area contributed by atoms with Crippen molar-refractivity contribution in [3.63, 3.8) is 0 Å². The molecule has 6 heteroatoms. The van der Waals surface area contributed by atoms with Crippen LogP contribution in [0.1, 0.15) is 6.92 Å². The molecule has 1 saturated heterocycles. The fraction of sp³-hybridized carbons (Fsp3) is 1.00. The highest BCUT2D eigenvalue weighted by molar-refractivity contribution is 7.99. The lowest BCUT2D eigenvalue weighted by molar-refractivity contribution is -0.270. The van der Waals surface area contributed by atoms with Crippen LogP contribution in [0.2, 0.25) is 0 Å². The van der Waals surface area contributed by atoms with Gasteiger partial charge in [-0.2, -0.15) is 0 Å². The molecule has 5 nitrogen and oxygen atoms in total. The molecule has 5 atom stereocenters. The molecule has 1 aliphatic rings. The zero-order chi connectivity index (χ0) is 10.7. The molecule has 0 saturated carbocycles. The van der Waals surface area contributed by atoms with Crippen LogP contribution < -0.4 is 0 Å². The smallest absolute Gasteiger partial charge is 0.187 e. The summed E-state index contributed by atoms with van der Waals surface area (Å²) in [6, 6.07) is 0. The maximum absolute atomic E-state index is 9.54. The molecular weight excluding hydrogens is 208 g/mol. The first-order valence-corrected chi connectivity index (χ1v) is 5.50. The number of ether oxygens (including phenoxy) is 2. The van der Waals surface area contributed by atoms with E-state index in [2.05, 4.69) is 0 Å². The van der Waals surface area contributed by atoms with Gasteiger partial charge in [0.25, 0.3) is 0 Å². The molecule has 0 aromatic rings. The van der Waals surface area contributed by atoms with Gasteiger partial charge in [0.2, 0.25) is 0 Å². The van der Waals surface area contributed by atoms with E-state index in [1.165, 1.54) is 18.9 Å². The Balaban J connectivity index is 2.63. The predicted molar refractivity (Wildman–Crippen MR) is 51.8 cm³/mol. The zero-order valence-electron chi connectivity index (χ0n) is 8.16. The molecule has 0 aliphatic carbocycles. The summed E-state index contributed by atoms with van der Waals surface area (Å²) in [6.45, 7) is 1.92. The Morgan fingerprint density at radius 3 is 2.36 bits per heavy atom. The van der Waals surface area contributed by atoms with Gasteiger partial charge in [-0.25, -0.2) is 0 Å². The molecule has 0 bridgehead atoms. The van der Waals surface area contributed by atoms with Gasteiger partial charge < -0.3 is 24.8 Å². The van der Waals surface area contributed by atoms with Gasteiger partial charge in [-0.1, -0.05) is 6.92 Å². The van der Waals surface area contributed by atoms with Crippen molar-refractivity contribution < 1.29 is 24.8 Å².